The molecule has 0 bridgehead atoms. The molecule has 1 aromatic heterocycles. The van der Waals surface area contributed by atoms with Gasteiger partial charge in [0, 0.05) is 49.5 Å². The molecule has 4 aromatic rings. The van der Waals surface area contributed by atoms with E-state index >= 15 is 0 Å². The van der Waals surface area contributed by atoms with Crippen LogP contribution in [0.2, 0.25) is 0 Å². The highest BCUT2D eigenvalue weighted by Crippen LogP contribution is 2.35. The van der Waals surface area contributed by atoms with E-state index in [4.69, 9.17) is 0 Å². The number of carbonyl (C=O) groups excluding carboxylic acids is 1. The molecule has 3 nitrogen and oxygen atoms in total. The fraction of sp³-hybridized carbons (Fsp3) is 0.0417. The maximum absolute atomic E-state index is 14.2. The van der Waals surface area contributed by atoms with Crippen molar-refractivity contribution in [3.63, 3.8) is 0 Å². The number of benzene rings is 3. The molecule has 0 spiro atoms. The van der Waals surface area contributed by atoms with Crippen molar-refractivity contribution in [2.45, 2.75) is 6.54 Å². The molecule has 0 saturated carbocycles. The van der Waals surface area contributed by atoms with Crippen molar-refractivity contribution >= 4 is 50.1 Å². The van der Waals surface area contributed by atoms with E-state index in [1.807, 2.05) is 65.4 Å². The van der Waals surface area contributed by atoms with E-state index in [2.05, 4.69) is 21.2 Å². The summed E-state index contributed by atoms with van der Waals surface area (Å²) in [7, 11) is 0. The number of carbonyl (C=O) groups is 1. The molecule has 0 aliphatic carbocycles. The summed E-state index contributed by atoms with van der Waals surface area (Å²) in [6.45, 7) is 0.413. The second kappa shape index (κ2) is 7.01. The number of fused-ring (bicyclic) bond motifs is 2. The summed E-state index contributed by atoms with van der Waals surface area (Å²) in [5.41, 5.74) is 4.86. The lowest BCUT2D eigenvalue weighted by Crippen LogP contribution is -2.03. The third kappa shape index (κ3) is 3.17. The zero-order valence-electron chi connectivity index (χ0n) is 15.3. The van der Waals surface area contributed by atoms with Gasteiger partial charge in [-0.1, -0.05) is 52.3 Å². The molecular weight excluding hydrogens is 431 g/mol. The molecule has 142 valence electrons. The molecule has 0 atom stereocenters. The van der Waals surface area contributed by atoms with Gasteiger partial charge in [-0.3, -0.25) is 4.79 Å². The highest BCUT2D eigenvalue weighted by atomic mass is 79.9. The van der Waals surface area contributed by atoms with Crippen LogP contribution in [-0.2, 0) is 11.3 Å². The number of amides is 1. The van der Waals surface area contributed by atoms with Crippen LogP contribution >= 0.6 is 15.9 Å². The molecule has 0 unspecified atom stereocenters. The quantitative estimate of drug-likeness (QED) is 0.380. The van der Waals surface area contributed by atoms with Gasteiger partial charge in [0.05, 0.1) is 6.54 Å². The Bertz CT molecular complexity index is 1310. The zero-order chi connectivity index (χ0) is 20.0. The summed E-state index contributed by atoms with van der Waals surface area (Å²) in [5.74, 6) is -0.341. The SMILES string of the molecule is O=C1Nc2ccccc2/C1=C\c1cn(Cc2ccccc2F)c2ccc(Br)cc12. The highest BCUT2D eigenvalue weighted by molar-refractivity contribution is 9.10. The molecule has 3 aromatic carbocycles. The van der Waals surface area contributed by atoms with Crippen LogP contribution in [0.5, 0.6) is 0 Å². The van der Waals surface area contributed by atoms with Gasteiger partial charge in [-0.05, 0) is 36.4 Å². The maximum Gasteiger partial charge on any atom is 0.256 e. The van der Waals surface area contributed by atoms with E-state index in [1.165, 1.54) is 6.07 Å². The molecule has 1 aliphatic rings. The molecule has 1 aliphatic heterocycles. The minimum absolute atomic E-state index is 0.115. The van der Waals surface area contributed by atoms with Crippen LogP contribution in [-0.4, -0.2) is 10.5 Å². The summed E-state index contributed by atoms with van der Waals surface area (Å²) in [4.78, 5) is 12.5. The standard InChI is InChI=1S/C24H16BrFN2O/c25-17-9-10-23-19(12-17)16(14-28(23)13-15-5-1-3-7-21(15)26)11-20-18-6-2-4-8-22(18)27-24(20)29/h1-12,14H,13H2,(H,27,29)/b20-11+. The lowest BCUT2D eigenvalue weighted by molar-refractivity contribution is -0.110. The number of aromatic nitrogens is 1. The monoisotopic (exact) mass is 446 g/mol. The Morgan fingerprint density at radius 1 is 1.03 bits per heavy atom. The molecule has 29 heavy (non-hydrogen) atoms. The van der Waals surface area contributed by atoms with Crippen molar-refractivity contribution < 1.29 is 9.18 Å². The number of nitrogens with one attached hydrogen (secondary N) is 1. The minimum Gasteiger partial charge on any atom is -0.342 e. The second-order valence-electron chi connectivity index (χ2n) is 7.02. The number of hydrogen-bond acceptors (Lipinski definition) is 1. The van der Waals surface area contributed by atoms with Gasteiger partial charge in [0.15, 0.2) is 0 Å². The first kappa shape index (κ1) is 17.9. The first-order valence-electron chi connectivity index (χ1n) is 9.24. The zero-order valence-corrected chi connectivity index (χ0v) is 16.9. The molecule has 0 saturated heterocycles. The summed E-state index contributed by atoms with van der Waals surface area (Å²) in [5, 5.41) is 3.91. The van der Waals surface area contributed by atoms with Gasteiger partial charge in [0.2, 0.25) is 0 Å². The number of anilines is 1. The van der Waals surface area contributed by atoms with Crippen molar-refractivity contribution in [3.8, 4) is 0 Å². The van der Waals surface area contributed by atoms with Gasteiger partial charge in [-0.2, -0.15) is 0 Å². The van der Waals surface area contributed by atoms with Crippen LogP contribution in [0.4, 0.5) is 10.1 Å². The topological polar surface area (TPSA) is 34.0 Å². The lowest BCUT2D eigenvalue weighted by Gasteiger charge is -2.06. The van der Waals surface area contributed by atoms with E-state index in [9.17, 15) is 9.18 Å². The van der Waals surface area contributed by atoms with E-state index in [-0.39, 0.29) is 11.7 Å². The van der Waals surface area contributed by atoms with Gasteiger partial charge < -0.3 is 9.88 Å². The van der Waals surface area contributed by atoms with Gasteiger partial charge in [-0.25, -0.2) is 4.39 Å². The predicted molar refractivity (Wildman–Crippen MR) is 118 cm³/mol. The number of rotatable bonds is 3. The van der Waals surface area contributed by atoms with Crippen LogP contribution in [0, 0.1) is 5.82 Å². The van der Waals surface area contributed by atoms with Crippen LogP contribution in [0.1, 0.15) is 16.7 Å². The molecule has 1 N–H and O–H groups in total. The Morgan fingerprint density at radius 3 is 2.69 bits per heavy atom. The van der Waals surface area contributed by atoms with Gasteiger partial charge in [0.1, 0.15) is 5.82 Å². The van der Waals surface area contributed by atoms with Gasteiger partial charge >= 0.3 is 0 Å². The normalized spacial score (nSPS) is 14.4. The first-order chi connectivity index (χ1) is 14.1. The molecule has 2 heterocycles. The molecular formula is C24H16BrFN2O. The summed E-state index contributed by atoms with van der Waals surface area (Å²) >= 11 is 3.54. The molecule has 1 amide bonds. The third-order valence-corrected chi connectivity index (χ3v) is 5.68. The van der Waals surface area contributed by atoms with Crippen LogP contribution in [0.25, 0.3) is 22.6 Å². The van der Waals surface area contributed by atoms with Gasteiger partial charge in [0.25, 0.3) is 5.91 Å². The van der Waals surface area contributed by atoms with Crippen LogP contribution < -0.4 is 5.32 Å². The average Bonchev–Trinajstić information content (AvgIpc) is 3.21. The number of hydrogen-bond donors (Lipinski definition) is 1. The van der Waals surface area contributed by atoms with Gasteiger partial charge in [-0.15, -0.1) is 0 Å². The predicted octanol–water partition coefficient (Wildman–Crippen LogP) is 6.08. The van der Waals surface area contributed by atoms with Crippen molar-refractivity contribution in [1.29, 1.82) is 0 Å². The third-order valence-electron chi connectivity index (χ3n) is 5.18. The Hall–Kier alpha value is -3.18. The smallest absolute Gasteiger partial charge is 0.256 e. The van der Waals surface area contributed by atoms with Crippen molar-refractivity contribution in [1.82, 2.24) is 4.57 Å². The van der Waals surface area contributed by atoms with E-state index < -0.39 is 0 Å². The van der Waals surface area contributed by atoms with Crippen LogP contribution in [0.3, 0.4) is 0 Å². The van der Waals surface area contributed by atoms with E-state index in [0.717, 1.165) is 32.2 Å². The average molecular weight is 447 g/mol. The number of para-hydroxylation sites is 1. The van der Waals surface area contributed by atoms with E-state index in [0.29, 0.717) is 17.7 Å². The Balaban J connectivity index is 1.66. The molecule has 5 heteroatoms. The summed E-state index contributed by atoms with van der Waals surface area (Å²) in [6.07, 6.45) is 3.89. The minimum atomic E-state index is -0.226. The van der Waals surface area contributed by atoms with Crippen molar-refractivity contribution in [2.24, 2.45) is 0 Å². The largest absolute Gasteiger partial charge is 0.342 e. The Labute approximate surface area is 175 Å². The number of halogens is 2. The molecule has 0 radical (unpaired) electrons. The first-order valence-corrected chi connectivity index (χ1v) is 10.0. The summed E-state index contributed by atoms with van der Waals surface area (Å²) in [6, 6.07) is 20.4. The lowest BCUT2D eigenvalue weighted by atomic mass is 10.0. The fourth-order valence-electron chi connectivity index (χ4n) is 3.79. The Morgan fingerprint density at radius 2 is 1.83 bits per heavy atom. The maximum atomic E-state index is 14.2. The molecule has 5 rings (SSSR count). The van der Waals surface area contributed by atoms with E-state index in [1.54, 1.807) is 12.1 Å². The summed E-state index contributed by atoms with van der Waals surface area (Å²) < 4.78 is 17.2. The Kier molecular flexibility index (Phi) is 4.32. The highest BCUT2D eigenvalue weighted by Gasteiger charge is 2.24. The number of nitrogens with zero attached hydrogens (tertiary/aromatic N) is 1. The van der Waals surface area contributed by atoms with Crippen molar-refractivity contribution in [2.75, 3.05) is 5.32 Å². The second-order valence-corrected chi connectivity index (χ2v) is 7.94. The van der Waals surface area contributed by atoms with Crippen molar-refractivity contribution in [3.05, 3.63) is 99.9 Å². The fourth-order valence-corrected chi connectivity index (χ4v) is 4.15. The molecule has 0 fully saturated rings. The van der Waals surface area contributed by atoms with Crippen LogP contribution in [0.15, 0.2) is 77.4 Å².